The maximum Gasteiger partial charge on any atom is 0.248 e. The fourth-order valence-corrected chi connectivity index (χ4v) is 4.84. The predicted molar refractivity (Wildman–Crippen MR) is 84.4 cm³/mol. The number of nitrogens with zero attached hydrogens (tertiary/aromatic N) is 2. The van der Waals surface area contributed by atoms with Crippen molar-refractivity contribution < 1.29 is 9.59 Å². The smallest absolute Gasteiger partial charge is 0.248 e. The van der Waals surface area contributed by atoms with E-state index in [2.05, 4.69) is 24.2 Å². The molecule has 2 atom stereocenters. The van der Waals surface area contributed by atoms with Crippen molar-refractivity contribution in [2.75, 3.05) is 25.4 Å². The van der Waals surface area contributed by atoms with Crippen LogP contribution < -0.4 is 11.3 Å². The highest BCUT2D eigenvalue weighted by atomic mass is 32.2. The van der Waals surface area contributed by atoms with Gasteiger partial charge in [-0.25, -0.2) is 5.84 Å². The minimum Gasteiger partial charge on any atom is -0.327 e. The highest BCUT2D eigenvalue weighted by molar-refractivity contribution is 8.01. The zero-order valence-electron chi connectivity index (χ0n) is 12.9. The van der Waals surface area contributed by atoms with E-state index in [9.17, 15) is 9.59 Å². The van der Waals surface area contributed by atoms with E-state index >= 15 is 0 Å². The highest BCUT2D eigenvalue weighted by Crippen LogP contribution is 2.42. The van der Waals surface area contributed by atoms with E-state index in [1.807, 2.05) is 4.90 Å². The van der Waals surface area contributed by atoms with E-state index in [1.165, 1.54) is 12.8 Å². The van der Waals surface area contributed by atoms with Crippen molar-refractivity contribution in [3.05, 3.63) is 0 Å². The van der Waals surface area contributed by atoms with Gasteiger partial charge in [-0.05, 0) is 13.3 Å². The first kappa shape index (κ1) is 16.6. The molecule has 2 rings (SSSR count). The number of hydrogen-bond donors (Lipinski definition) is 2. The zero-order valence-corrected chi connectivity index (χ0v) is 13.7. The fourth-order valence-electron chi connectivity index (χ4n) is 3.34. The Balaban J connectivity index is 2.15. The Hall–Kier alpha value is -0.790. The Morgan fingerprint density at radius 3 is 2.90 bits per heavy atom. The molecule has 0 saturated carbocycles. The number of piperazine rings is 1. The van der Waals surface area contributed by atoms with Crippen LogP contribution in [0.15, 0.2) is 0 Å². The number of thioether (sulfide) groups is 1. The van der Waals surface area contributed by atoms with Gasteiger partial charge in [0.2, 0.25) is 11.8 Å². The summed E-state index contributed by atoms with van der Waals surface area (Å²) in [5, 5.41) is 0.154. The first-order chi connectivity index (χ1) is 10.0. The van der Waals surface area contributed by atoms with E-state index in [-0.39, 0.29) is 22.7 Å². The van der Waals surface area contributed by atoms with Gasteiger partial charge in [-0.15, -0.1) is 11.8 Å². The van der Waals surface area contributed by atoms with Crippen LogP contribution in [0.5, 0.6) is 0 Å². The third-order valence-corrected chi connectivity index (χ3v) is 6.11. The minimum absolute atomic E-state index is 0.154. The summed E-state index contributed by atoms with van der Waals surface area (Å²) in [7, 11) is 0. The van der Waals surface area contributed by atoms with Gasteiger partial charge in [0.1, 0.15) is 0 Å². The largest absolute Gasteiger partial charge is 0.327 e. The van der Waals surface area contributed by atoms with Crippen LogP contribution >= 0.6 is 11.8 Å². The standard InChI is InChI=1S/C14H26N4O2S/c1-3-4-5-6-14(2)13-18(12(20)10-21-13)8-7-17(14)9-11(19)16-15/h13H,3-10,15H2,1-2H3,(H,16,19)/t13-,14+/m0/s1. The number of rotatable bonds is 6. The molecule has 2 aliphatic heterocycles. The minimum atomic E-state index is -0.167. The molecular formula is C14H26N4O2S. The average molecular weight is 314 g/mol. The molecule has 0 aromatic rings. The maximum atomic E-state index is 12.0. The van der Waals surface area contributed by atoms with Gasteiger partial charge in [0.05, 0.1) is 17.7 Å². The number of amides is 2. The van der Waals surface area contributed by atoms with Gasteiger partial charge in [-0.3, -0.25) is 19.9 Å². The summed E-state index contributed by atoms with van der Waals surface area (Å²) in [5.41, 5.74) is 2.06. The molecule has 3 N–H and O–H groups in total. The van der Waals surface area contributed by atoms with Crippen LogP contribution in [0.1, 0.15) is 39.5 Å². The van der Waals surface area contributed by atoms with Crippen molar-refractivity contribution >= 4 is 23.6 Å². The molecule has 2 aliphatic rings. The Kier molecular flexibility index (Phi) is 5.51. The Bertz CT molecular complexity index is 406. The van der Waals surface area contributed by atoms with Crippen molar-refractivity contribution in [2.45, 2.75) is 50.4 Å². The van der Waals surface area contributed by atoms with Crippen molar-refractivity contribution in [1.82, 2.24) is 15.2 Å². The summed E-state index contributed by atoms with van der Waals surface area (Å²) in [6.45, 7) is 6.12. The molecule has 0 unspecified atom stereocenters. The lowest BCUT2D eigenvalue weighted by Crippen LogP contribution is -2.66. The summed E-state index contributed by atoms with van der Waals surface area (Å²) in [4.78, 5) is 27.9. The van der Waals surface area contributed by atoms with Crippen molar-refractivity contribution in [2.24, 2.45) is 5.84 Å². The number of nitrogens with two attached hydrogens (primary N) is 1. The van der Waals surface area contributed by atoms with Crippen LogP contribution in [0.25, 0.3) is 0 Å². The molecule has 21 heavy (non-hydrogen) atoms. The molecule has 0 spiro atoms. The second-order valence-electron chi connectivity index (χ2n) is 6.05. The molecular weight excluding hydrogens is 288 g/mol. The highest BCUT2D eigenvalue weighted by Gasteiger charge is 2.50. The second kappa shape index (κ2) is 6.98. The van der Waals surface area contributed by atoms with E-state index < -0.39 is 0 Å². The van der Waals surface area contributed by atoms with Crippen molar-refractivity contribution in [1.29, 1.82) is 0 Å². The van der Waals surface area contributed by atoms with Crippen LogP contribution in [0.2, 0.25) is 0 Å². The summed E-state index contributed by atoms with van der Waals surface area (Å²) in [6, 6.07) is 0. The van der Waals surface area contributed by atoms with Gasteiger partial charge in [0, 0.05) is 18.6 Å². The predicted octanol–water partition coefficient (Wildman–Crippen LogP) is 0.532. The van der Waals surface area contributed by atoms with Crippen LogP contribution in [-0.2, 0) is 9.59 Å². The van der Waals surface area contributed by atoms with Crippen LogP contribution in [-0.4, -0.2) is 57.9 Å². The molecule has 0 bridgehead atoms. The summed E-state index contributed by atoms with van der Waals surface area (Å²) >= 11 is 1.71. The number of carbonyl (C=O) groups is 2. The lowest BCUT2D eigenvalue weighted by atomic mass is 9.89. The molecule has 0 aliphatic carbocycles. The van der Waals surface area contributed by atoms with Gasteiger partial charge in [0.15, 0.2) is 0 Å². The summed E-state index contributed by atoms with van der Waals surface area (Å²) in [5.74, 6) is 5.86. The topological polar surface area (TPSA) is 78.7 Å². The number of unbranched alkanes of at least 4 members (excludes halogenated alkanes) is 2. The molecule has 6 nitrogen and oxygen atoms in total. The van der Waals surface area contributed by atoms with Gasteiger partial charge in [-0.2, -0.15) is 0 Å². The number of nitrogens with one attached hydrogen (secondary N) is 1. The zero-order chi connectivity index (χ0) is 15.5. The Morgan fingerprint density at radius 1 is 1.48 bits per heavy atom. The Labute approximate surface area is 130 Å². The normalized spacial score (nSPS) is 29.6. The lowest BCUT2D eigenvalue weighted by molar-refractivity contribution is -0.136. The van der Waals surface area contributed by atoms with Crippen LogP contribution in [0.3, 0.4) is 0 Å². The molecule has 120 valence electrons. The van der Waals surface area contributed by atoms with Crippen molar-refractivity contribution in [3.8, 4) is 0 Å². The number of hydrazine groups is 1. The third-order valence-electron chi connectivity index (χ3n) is 4.62. The molecule has 2 heterocycles. The lowest BCUT2D eigenvalue weighted by Gasteiger charge is -2.52. The summed E-state index contributed by atoms with van der Waals surface area (Å²) in [6.07, 6.45) is 4.46. The first-order valence-corrected chi connectivity index (χ1v) is 8.73. The number of hydrogen-bond acceptors (Lipinski definition) is 5. The number of carbonyl (C=O) groups excluding carboxylic acids is 2. The van der Waals surface area contributed by atoms with E-state index in [4.69, 9.17) is 5.84 Å². The van der Waals surface area contributed by atoms with E-state index in [0.29, 0.717) is 18.8 Å². The van der Waals surface area contributed by atoms with Gasteiger partial charge < -0.3 is 4.90 Å². The van der Waals surface area contributed by atoms with Gasteiger partial charge in [-0.1, -0.05) is 26.2 Å². The fraction of sp³-hybridized carbons (Fsp3) is 0.857. The Morgan fingerprint density at radius 2 is 2.24 bits per heavy atom. The maximum absolute atomic E-state index is 12.0. The average Bonchev–Trinajstić information content (AvgIpc) is 2.85. The van der Waals surface area contributed by atoms with Crippen LogP contribution in [0.4, 0.5) is 0 Å². The molecule has 0 aromatic carbocycles. The molecule has 0 radical (unpaired) electrons. The molecule has 0 aromatic heterocycles. The quantitative estimate of drug-likeness (QED) is 0.324. The van der Waals surface area contributed by atoms with Crippen molar-refractivity contribution in [3.63, 3.8) is 0 Å². The van der Waals surface area contributed by atoms with E-state index in [0.717, 1.165) is 19.4 Å². The van der Waals surface area contributed by atoms with Gasteiger partial charge in [0.25, 0.3) is 0 Å². The molecule has 2 amide bonds. The SMILES string of the molecule is CCCCC[C@]1(C)[C@@H]2SCC(=O)N2CCN1CC(=O)NN. The molecule has 2 fully saturated rings. The third kappa shape index (κ3) is 3.35. The second-order valence-corrected chi connectivity index (χ2v) is 7.12. The first-order valence-electron chi connectivity index (χ1n) is 7.68. The van der Waals surface area contributed by atoms with E-state index in [1.54, 1.807) is 11.8 Å². The monoisotopic (exact) mass is 314 g/mol. The van der Waals surface area contributed by atoms with Crippen LogP contribution in [0, 0.1) is 0 Å². The van der Waals surface area contributed by atoms with Gasteiger partial charge >= 0.3 is 0 Å². The molecule has 2 saturated heterocycles. The molecule has 7 heteroatoms. The number of fused-ring (bicyclic) bond motifs is 1. The summed E-state index contributed by atoms with van der Waals surface area (Å²) < 4.78 is 0.